The van der Waals surface area contributed by atoms with Crippen LogP contribution in [0.3, 0.4) is 0 Å². The van der Waals surface area contributed by atoms with E-state index in [4.69, 9.17) is 4.74 Å². The van der Waals surface area contributed by atoms with E-state index in [0.29, 0.717) is 24.2 Å². The van der Waals surface area contributed by atoms with Gasteiger partial charge in [-0.15, -0.1) is 0 Å². The molecule has 6 nitrogen and oxygen atoms in total. The fourth-order valence-electron chi connectivity index (χ4n) is 4.07. The van der Waals surface area contributed by atoms with E-state index in [1.807, 2.05) is 25.1 Å². The first-order valence-electron chi connectivity index (χ1n) is 9.81. The van der Waals surface area contributed by atoms with Crippen molar-refractivity contribution in [3.8, 4) is 5.75 Å². The van der Waals surface area contributed by atoms with Gasteiger partial charge in [0.1, 0.15) is 11.6 Å². The van der Waals surface area contributed by atoms with Crippen LogP contribution in [0.2, 0.25) is 0 Å². The number of halogens is 1. The van der Waals surface area contributed by atoms with Gasteiger partial charge in [-0.1, -0.05) is 12.1 Å². The zero-order valence-corrected chi connectivity index (χ0v) is 16.5. The van der Waals surface area contributed by atoms with Crippen molar-refractivity contribution in [2.45, 2.75) is 50.1 Å². The molecule has 0 bridgehead atoms. The lowest BCUT2D eigenvalue weighted by molar-refractivity contribution is -0.119. The van der Waals surface area contributed by atoms with Crippen LogP contribution in [0.5, 0.6) is 5.75 Å². The fourth-order valence-corrected chi connectivity index (χ4v) is 4.07. The molecular formula is C22H24FN3O3. The van der Waals surface area contributed by atoms with Crippen LogP contribution in [0.4, 0.5) is 9.18 Å². The molecule has 0 radical (unpaired) electrons. The Kier molecular flexibility index (Phi) is 4.98. The van der Waals surface area contributed by atoms with Crippen LogP contribution < -0.4 is 15.4 Å². The number of carbonyl (C=O) groups is 2. The third-order valence-corrected chi connectivity index (χ3v) is 5.83. The molecule has 2 atom stereocenters. The lowest BCUT2D eigenvalue weighted by Crippen LogP contribution is -2.49. The van der Waals surface area contributed by atoms with Crippen molar-refractivity contribution in [3.63, 3.8) is 0 Å². The Balaban J connectivity index is 1.49. The molecule has 1 aromatic heterocycles. The number of carbonyl (C=O) groups excluding carboxylic acids is 2. The number of methoxy groups -OCH3 is 1. The number of hydrogen-bond donors (Lipinski definition) is 2. The van der Waals surface area contributed by atoms with E-state index in [9.17, 15) is 14.0 Å². The number of amides is 2. The van der Waals surface area contributed by atoms with Crippen molar-refractivity contribution >= 4 is 11.8 Å². The molecule has 4 rings (SSSR count). The molecule has 0 unspecified atom stereocenters. The maximum absolute atomic E-state index is 14.5. The molecule has 152 valence electrons. The summed E-state index contributed by atoms with van der Waals surface area (Å²) < 4.78 is 19.6. The molecule has 2 amide bonds. The summed E-state index contributed by atoms with van der Waals surface area (Å²) in [6, 6.07) is 9.15. The Bertz CT molecular complexity index is 958. The van der Waals surface area contributed by atoms with Crippen molar-refractivity contribution in [2.75, 3.05) is 7.11 Å². The van der Waals surface area contributed by atoms with Gasteiger partial charge in [-0.25, -0.2) is 9.18 Å². The van der Waals surface area contributed by atoms with Gasteiger partial charge in [0.25, 0.3) is 0 Å². The van der Waals surface area contributed by atoms with E-state index < -0.39 is 29.3 Å². The van der Waals surface area contributed by atoms with Gasteiger partial charge in [0, 0.05) is 24.1 Å². The number of nitrogens with zero attached hydrogens (tertiary/aromatic N) is 1. The summed E-state index contributed by atoms with van der Waals surface area (Å²) >= 11 is 0. The average molecular weight is 397 g/mol. The van der Waals surface area contributed by atoms with Gasteiger partial charge < -0.3 is 15.4 Å². The summed E-state index contributed by atoms with van der Waals surface area (Å²) in [7, 11) is 1.47. The second-order valence-electron chi connectivity index (χ2n) is 7.82. The molecule has 7 heteroatoms. The number of urea groups is 1. The first-order chi connectivity index (χ1) is 13.9. The highest BCUT2D eigenvalue weighted by molar-refractivity contribution is 5.91. The van der Waals surface area contributed by atoms with Gasteiger partial charge in [-0.2, -0.15) is 0 Å². The van der Waals surface area contributed by atoms with Crippen LogP contribution in [-0.2, 0) is 10.3 Å². The van der Waals surface area contributed by atoms with Crippen molar-refractivity contribution in [2.24, 2.45) is 0 Å². The zero-order chi connectivity index (χ0) is 20.6. The molecule has 2 N–H and O–H groups in total. The second-order valence-corrected chi connectivity index (χ2v) is 7.82. The second kappa shape index (κ2) is 7.46. The Morgan fingerprint density at radius 2 is 2.07 bits per heavy atom. The highest BCUT2D eigenvalue weighted by Crippen LogP contribution is 2.44. The largest absolute Gasteiger partial charge is 0.497 e. The van der Waals surface area contributed by atoms with Gasteiger partial charge in [-0.3, -0.25) is 9.78 Å². The summed E-state index contributed by atoms with van der Waals surface area (Å²) in [5.74, 6) is -0.497. The molecule has 0 saturated heterocycles. The first kappa shape index (κ1) is 19.4. The number of aryl methyl sites for hydroxylation is 1. The number of Topliss-reactive ketones (excluding diaryl/α,β-unsaturated/α-hetero) is 1. The van der Waals surface area contributed by atoms with E-state index in [-0.39, 0.29) is 5.78 Å². The number of ether oxygens (including phenoxy) is 1. The van der Waals surface area contributed by atoms with Crippen LogP contribution in [0.25, 0.3) is 0 Å². The average Bonchev–Trinajstić information content (AvgIpc) is 3.40. The van der Waals surface area contributed by atoms with Crippen molar-refractivity contribution < 1.29 is 18.7 Å². The number of rotatable bonds is 5. The number of aromatic nitrogens is 1. The van der Waals surface area contributed by atoms with Crippen molar-refractivity contribution in [1.82, 2.24) is 15.6 Å². The molecule has 2 saturated carbocycles. The Morgan fingerprint density at radius 3 is 2.72 bits per heavy atom. The maximum Gasteiger partial charge on any atom is 0.316 e. The summed E-state index contributed by atoms with van der Waals surface area (Å²) in [4.78, 5) is 29.7. The van der Waals surface area contributed by atoms with Gasteiger partial charge in [0.05, 0.1) is 24.4 Å². The predicted molar refractivity (Wildman–Crippen MR) is 105 cm³/mol. The lowest BCUT2D eigenvalue weighted by Gasteiger charge is -2.23. The molecule has 2 aliphatic carbocycles. The molecule has 2 aromatic rings. The van der Waals surface area contributed by atoms with Crippen LogP contribution in [0.1, 0.15) is 48.6 Å². The van der Waals surface area contributed by atoms with Gasteiger partial charge in [-0.05, 0) is 49.9 Å². The monoisotopic (exact) mass is 397 g/mol. The van der Waals surface area contributed by atoms with E-state index in [1.165, 1.54) is 13.2 Å². The van der Waals surface area contributed by atoms with Gasteiger partial charge in [0.15, 0.2) is 5.78 Å². The van der Waals surface area contributed by atoms with Gasteiger partial charge in [0.2, 0.25) is 0 Å². The number of hydrogen-bond acceptors (Lipinski definition) is 4. The van der Waals surface area contributed by atoms with E-state index in [1.54, 1.807) is 12.1 Å². The Labute approximate surface area is 168 Å². The molecule has 0 spiro atoms. The maximum atomic E-state index is 14.5. The first-order valence-corrected chi connectivity index (χ1v) is 9.81. The van der Waals surface area contributed by atoms with Crippen LogP contribution >= 0.6 is 0 Å². The van der Waals surface area contributed by atoms with Crippen LogP contribution in [0.15, 0.2) is 36.4 Å². The quantitative estimate of drug-likeness (QED) is 0.811. The molecular weight excluding hydrogens is 373 g/mol. The summed E-state index contributed by atoms with van der Waals surface area (Å²) in [5.41, 5.74) is 1.64. The summed E-state index contributed by atoms with van der Waals surface area (Å²) in [6.07, 6.45) is 2.40. The Hall–Kier alpha value is -2.96. The lowest BCUT2D eigenvalue weighted by atomic mass is 9.93. The van der Waals surface area contributed by atoms with Gasteiger partial charge >= 0.3 is 6.03 Å². The number of benzene rings is 1. The predicted octanol–water partition coefficient (Wildman–Crippen LogP) is 3.34. The summed E-state index contributed by atoms with van der Waals surface area (Å²) in [5, 5.41) is 5.77. The highest BCUT2D eigenvalue weighted by Gasteiger charge is 2.48. The topological polar surface area (TPSA) is 80.3 Å². The minimum atomic E-state index is -0.751. The Morgan fingerprint density at radius 1 is 1.28 bits per heavy atom. The SMILES string of the molecule is COc1ccc([C@@H]2CCC(=O)[C@H]2NC(=O)NC2(c3cccc(C)n3)CC2)c(F)c1. The molecule has 2 fully saturated rings. The zero-order valence-electron chi connectivity index (χ0n) is 16.5. The summed E-state index contributed by atoms with van der Waals surface area (Å²) in [6.45, 7) is 1.91. The van der Waals surface area contributed by atoms with E-state index in [0.717, 1.165) is 24.2 Å². The smallest absolute Gasteiger partial charge is 0.316 e. The standard InChI is InChI=1S/C22H24FN3O3/c1-13-4-3-5-19(24-13)22(10-11-22)26-21(28)25-20-16(8-9-18(20)27)15-7-6-14(29-2)12-17(15)23/h3-7,12,16,20H,8-11H2,1-2H3,(H2,25,26,28)/t16-,20-/m0/s1. The molecule has 2 aliphatic rings. The third-order valence-electron chi connectivity index (χ3n) is 5.83. The van der Waals surface area contributed by atoms with Crippen molar-refractivity contribution in [1.29, 1.82) is 0 Å². The molecule has 0 aliphatic heterocycles. The number of nitrogens with one attached hydrogen (secondary N) is 2. The fraction of sp³-hybridized carbons (Fsp3) is 0.409. The molecule has 1 aromatic carbocycles. The number of ketones is 1. The normalized spacial score (nSPS) is 22.2. The number of pyridine rings is 1. The molecule has 29 heavy (non-hydrogen) atoms. The van der Waals surface area contributed by atoms with E-state index in [2.05, 4.69) is 15.6 Å². The van der Waals surface area contributed by atoms with Crippen molar-refractivity contribution in [3.05, 3.63) is 59.2 Å². The minimum absolute atomic E-state index is 0.0844. The molecule has 1 heterocycles. The van der Waals surface area contributed by atoms with Crippen LogP contribution in [-0.4, -0.2) is 29.9 Å². The third kappa shape index (κ3) is 3.81. The van der Waals surface area contributed by atoms with E-state index >= 15 is 0 Å². The van der Waals surface area contributed by atoms with Crippen LogP contribution in [0, 0.1) is 12.7 Å². The highest BCUT2D eigenvalue weighted by atomic mass is 19.1. The minimum Gasteiger partial charge on any atom is -0.497 e.